The van der Waals surface area contributed by atoms with E-state index in [1.165, 1.54) is 6.26 Å². The number of hydrogen-bond donors (Lipinski definition) is 2. The van der Waals surface area contributed by atoms with Crippen LogP contribution < -0.4 is 5.32 Å². The first-order chi connectivity index (χ1) is 9.74. The smallest absolute Gasteiger partial charge is 0.255 e. The highest BCUT2D eigenvalue weighted by Gasteiger charge is 2.17. The Hall–Kier alpha value is -2.07. The van der Waals surface area contributed by atoms with Crippen LogP contribution in [0.1, 0.15) is 28.6 Å². The van der Waals surface area contributed by atoms with E-state index >= 15 is 0 Å². The number of furan rings is 1. The minimum atomic E-state index is -0.301. The summed E-state index contributed by atoms with van der Waals surface area (Å²) in [5.74, 6) is 0.462. The van der Waals surface area contributed by atoms with Gasteiger partial charge in [-0.25, -0.2) is 0 Å². The number of amides is 1. The molecule has 0 aliphatic heterocycles. The predicted octanol–water partition coefficient (Wildman–Crippen LogP) is 2.18. The summed E-state index contributed by atoms with van der Waals surface area (Å²) in [4.78, 5) is 12.2. The molecule has 20 heavy (non-hydrogen) atoms. The van der Waals surface area contributed by atoms with Gasteiger partial charge >= 0.3 is 0 Å². The Morgan fingerprint density at radius 3 is 2.70 bits per heavy atom. The molecule has 1 heterocycles. The van der Waals surface area contributed by atoms with E-state index in [1.54, 1.807) is 6.07 Å². The van der Waals surface area contributed by atoms with Gasteiger partial charge in [0.15, 0.2) is 0 Å². The zero-order chi connectivity index (χ0) is 14.4. The van der Waals surface area contributed by atoms with Crippen molar-refractivity contribution in [2.24, 2.45) is 0 Å². The number of rotatable bonds is 6. The van der Waals surface area contributed by atoms with Crippen molar-refractivity contribution in [3.8, 4) is 0 Å². The highest BCUT2D eigenvalue weighted by molar-refractivity contribution is 5.95. The molecule has 0 fully saturated rings. The molecule has 2 aromatic rings. The maximum Gasteiger partial charge on any atom is 0.255 e. The maximum atomic E-state index is 12.2. The van der Waals surface area contributed by atoms with Crippen molar-refractivity contribution in [2.75, 3.05) is 6.61 Å². The van der Waals surface area contributed by atoms with E-state index in [2.05, 4.69) is 5.32 Å². The van der Waals surface area contributed by atoms with E-state index in [0.29, 0.717) is 24.2 Å². The van der Waals surface area contributed by atoms with Crippen LogP contribution in [0.3, 0.4) is 0 Å². The van der Waals surface area contributed by atoms with Gasteiger partial charge in [0.2, 0.25) is 0 Å². The zero-order valence-corrected chi connectivity index (χ0v) is 11.5. The summed E-state index contributed by atoms with van der Waals surface area (Å²) in [5.41, 5.74) is 1.62. The minimum absolute atomic E-state index is 0.0973. The summed E-state index contributed by atoms with van der Waals surface area (Å²) in [6.45, 7) is 1.84. The van der Waals surface area contributed by atoms with Gasteiger partial charge < -0.3 is 14.8 Å². The van der Waals surface area contributed by atoms with Crippen molar-refractivity contribution in [1.29, 1.82) is 0 Å². The lowest BCUT2D eigenvalue weighted by Gasteiger charge is -2.16. The molecule has 1 amide bonds. The van der Waals surface area contributed by atoms with Crippen LogP contribution in [0.5, 0.6) is 0 Å². The van der Waals surface area contributed by atoms with Crippen LogP contribution in [0.4, 0.5) is 0 Å². The number of aliphatic hydroxyl groups is 1. The molecule has 0 saturated carbocycles. The van der Waals surface area contributed by atoms with Gasteiger partial charge in [-0.3, -0.25) is 4.79 Å². The van der Waals surface area contributed by atoms with Crippen molar-refractivity contribution in [3.63, 3.8) is 0 Å². The number of carbonyl (C=O) groups excluding carboxylic acids is 1. The summed E-state index contributed by atoms with van der Waals surface area (Å²) in [6.07, 6.45) is 2.78. The van der Waals surface area contributed by atoms with E-state index in [0.717, 1.165) is 5.56 Å². The van der Waals surface area contributed by atoms with E-state index in [1.807, 2.05) is 37.3 Å². The first kappa shape index (κ1) is 14.3. The largest absolute Gasteiger partial charge is 0.469 e. The quantitative estimate of drug-likeness (QED) is 0.848. The second kappa shape index (κ2) is 6.91. The lowest BCUT2D eigenvalue weighted by molar-refractivity contribution is 0.0914. The summed E-state index contributed by atoms with van der Waals surface area (Å²) in [5, 5.41) is 12.3. The molecular formula is C16H19NO3. The van der Waals surface area contributed by atoms with Crippen LogP contribution in [-0.2, 0) is 12.8 Å². The SMILES string of the molecule is CCc1occc1C(=O)N[C@@H](CO)Cc1ccccc1. The molecule has 2 N–H and O–H groups in total. The number of nitrogens with one attached hydrogen (secondary N) is 1. The fourth-order valence-corrected chi connectivity index (χ4v) is 2.14. The minimum Gasteiger partial charge on any atom is -0.469 e. The number of carbonyl (C=O) groups is 1. The van der Waals surface area contributed by atoms with Gasteiger partial charge in [0.25, 0.3) is 5.91 Å². The molecule has 0 spiro atoms. The number of hydrogen-bond acceptors (Lipinski definition) is 3. The molecule has 0 unspecified atom stereocenters. The molecule has 1 aromatic heterocycles. The number of aryl methyl sites for hydroxylation is 1. The predicted molar refractivity (Wildman–Crippen MR) is 76.6 cm³/mol. The molecule has 0 saturated heterocycles. The highest BCUT2D eigenvalue weighted by atomic mass is 16.3. The van der Waals surface area contributed by atoms with Crippen molar-refractivity contribution < 1.29 is 14.3 Å². The summed E-state index contributed by atoms with van der Waals surface area (Å²) in [7, 11) is 0. The van der Waals surface area contributed by atoms with Crippen LogP contribution in [0.25, 0.3) is 0 Å². The van der Waals surface area contributed by atoms with Gasteiger partial charge in [0, 0.05) is 6.42 Å². The highest BCUT2D eigenvalue weighted by Crippen LogP contribution is 2.12. The van der Waals surface area contributed by atoms with Gasteiger partial charge in [-0.2, -0.15) is 0 Å². The van der Waals surface area contributed by atoms with E-state index in [9.17, 15) is 9.90 Å². The fourth-order valence-electron chi connectivity index (χ4n) is 2.14. The monoisotopic (exact) mass is 273 g/mol. The lowest BCUT2D eigenvalue weighted by Crippen LogP contribution is -2.39. The third-order valence-electron chi connectivity index (χ3n) is 3.19. The van der Waals surface area contributed by atoms with E-state index < -0.39 is 0 Å². The summed E-state index contributed by atoms with van der Waals surface area (Å²) in [6, 6.07) is 11.1. The first-order valence-corrected chi connectivity index (χ1v) is 6.76. The molecule has 0 bridgehead atoms. The van der Waals surface area contributed by atoms with Gasteiger partial charge in [0.1, 0.15) is 5.76 Å². The Labute approximate surface area is 118 Å². The molecule has 0 aliphatic carbocycles. The van der Waals surface area contributed by atoms with Gasteiger partial charge in [-0.15, -0.1) is 0 Å². The number of benzene rings is 1. The van der Waals surface area contributed by atoms with Crippen molar-refractivity contribution >= 4 is 5.91 Å². The summed E-state index contributed by atoms with van der Waals surface area (Å²) >= 11 is 0. The molecule has 2 rings (SSSR count). The van der Waals surface area contributed by atoms with Gasteiger partial charge in [-0.05, 0) is 18.1 Å². The normalized spacial score (nSPS) is 12.1. The van der Waals surface area contributed by atoms with Crippen molar-refractivity contribution in [3.05, 3.63) is 59.5 Å². The van der Waals surface area contributed by atoms with Gasteiger partial charge in [-0.1, -0.05) is 37.3 Å². The molecule has 106 valence electrons. The molecular weight excluding hydrogens is 254 g/mol. The Bertz CT molecular complexity index is 548. The molecule has 4 nitrogen and oxygen atoms in total. The average Bonchev–Trinajstić information content (AvgIpc) is 2.96. The molecule has 4 heteroatoms. The zero-order valence-electron chi connectivity index (χ0n) is 11.5. The molecule has 1 aromatic carbocycles. The lowest BCUT2D eigenvalue weighted by atomic mass is 10.1. The Morgan fingerprint density at radius 1 is 1.30 bits per heavy atom. The average molecular weight is 273 g/mol. The summed E-state index contributed by atoms with van der Waals surface area (Å²) < 4.78 is 5.25. The van der Waals surface area contributed by atoms with Gasteiger partial charge in [0.05, 0.1) is 24.5 Å². The number of aliphatic hydroxyl groups excluding tert-OH is 1. The Morgan fingerprint density at radius 2 is 2.05 bits per heavy atom. The Kier molecular flexibility index (Phi) is 4.96. The molecule has 0 radical (unpaired) electrons. The Balaban J connectivity index is 2.01. The molecule has 0 aliphatic rings. The van der Waals surface area contributed by atoms with Crippen molar-refractivity contribution in [2.45, 2.75) is 25.8 Å². The van der Waals surface area contributed by atoms with Crippen LogP contribution in [0, 0.1) is 0 Å². The van der Waals surface area contributed by atoms with E-state index in [4.69, 9.17) is 4.42 Å². The standard InChI is InChI=1S/C16H19NO3/c1-2-15-14(8-9-20-15)16(19)17-13(11-18)10-12-6-4-3-5-7-12/h3-9,13,18H,2,10-11H2,1H3,(H,17,19)/t13-/m1/s1. The van der Waals surface area contributed by atoms with Crippen LogP contribution in [-0.4, -0.2) is 23.7 Å². The van der Waals surface area contributed by atoms with Crippen molar-refractivity contribution in [1.82, 2.24) is 5.32 Å². The first-order valence-electron chi connectivity index (χ1n) is 6.76. The van der Waals surface area contributed by atoms with Crippen LogP contribution >= 0.6 is 0 Å². The second-order valence-electron chi connectivity index (χ2n) is 4.65. The third kappa shape index (κ3) is 3.48. The fraction of sp³-hybridized carbons (Fsp3) is 0.312. The van der Waals surface area contributed by atoms with Crippen LogP contribution in [0.2, 0.25) is 0 Å². The second-order valence-corrected chi connectivity index (χ2v) is 4.65. The maximum absolute atomic E-state index is 12.2. The van der Waals surface area contributed by atoms with E-state index in [-0.39, 0.29) is 18.6 Å². The molecule has 1 atom stereocenters. The van der Waals surface area contributed by atoms with Crippen LogP contribution in [0.15, 0.2) is 47.1 Å². The third-order valence-corrected chi connectivity index (χ3v) is 3.19. The topological polar surface area (TPSA) is 62.5 Å².